The highest BCUT2D eigenvalue weighted by molar-refractivity contribution is 6.19. The van der Waals surface area contributed by atoms with Crippen molar-refractivity contribution < 1.29 is 13.6 Å². The van der Waals surface area contributed by atoms with Crippen molar-refractivity contribution in [2.24, 2.45) is 10.2 Å². The summed E-state index contributed by atoms with van der Waals surface area (Å²) in [6, 6.07) is 7.55. The van der Waals surface area contributed by atoms with Crippen LogP contribution in [-0.4, -0.2) is 25.2 Å². The van der Waals surface area contributed by atoms with Crippen LogP contribution in [0.1, 0.15) is 11.1 Å². The normalized spacial score (nSPS) is 14.1. The zero-order valence-electron chi connectivity index (χ0n) is 12.1. The summed E-state index contributed by atoms with van der Waals surface area (Å²) in [6.45, 7) is -0.179. The van der Waals surface area contributed by atoms with Crippen LogP contribution in [0.5, 0.6) is 0 Å². The number of carbonyl (C=O) groups excluding carboxylic acids is 1. The Kier molecular flexibility index (Phi) is 3.69. The molecule has 0 fully saturated rings. The summed E-state index contributed by atoms with van der Waals surface area (Å²) in [5, 5.41) is 2.86. The van der Waals surface area contributed by atoms with Gasteiger partial charge in [0.1, 0.15) is 23.9 Å². The maximum Gasteiger partial charge on any atom is 0.248 e. The predicted molar refractivity (Wildman–Crippen MR) is 82.2 cm³/mol. The van der Waals surface area contributed by atoms with Gasteiger partial charge in [-0.3, -0.25) is 9.79 Å². The number of nitrogens with zero attached hydrogens (tertiary/aromatic N) is 3. The SMILES string of the molecule is CN1C(=O)CN=C(c2ccc(F)cc2F)c2cc(N=O)ccc21. The molecule has 0 unspecified atom stereocenters. The highest BCUT2D eigenvalue weighted by Gasteiger charge is 2.24. The van der Waals surface area contributed by atoms with Gasteiger partial charge in [0.2, 0.25) is 5.91 Å². The second-order valence-corrected chi connectivity index (χ2v) is 5.03. The molecule has 3 rings (SSSR count). The van der Waals surface area contributed by atoms with E-state index in [1.807, 2.05) is 0 Å². The molecule has 0 aromatic heterocycles. The molecule has 0 bridgehead atoms. The zero-order chi connectivity index (χ0) is 16.6. The molecule has 2 aromatic carbocycles. The van der Waals surface area contributed by atoms with E-state index in [1.165, 1.54) is 23.1 Å². The van der Waals surface area contributed by atoms with Gasteiger partial charge in [-0.15, -0.1) is 4.91 Å². The van der Waals surface area contributed by atoms with Gasteiger partial charge in [0.05, 0.1) is 11.4 Å². The first-order chi connectivity index (χ1) is 11.0. The highest BCUT2D eigenvalue weighted by atomic mass is 19.1. The van der Waals surface area contributed by atoms with Gasteiger partial charge in [-0.1, -0.05) is 0 Å². The average molecular weight is 315 g/mol. The third kappa shape index (κ3) is 2.61. The van der Waals surface area contributed by atoms with Gasteiger partial charge in [-0.25, -0.2) is 8.78 Å². The lowest BCUT2D eigenvalue weighted by molar-refractivity contribution is -0.116. The maximum absolute atomic E-state index is 14.1. The molecule has 0 saturated heterocycles. The lowest BCUT2D eigenvalue weighted by Gasteiger charge is -2.18. The summed E-state index contributed by atoms with van der Waals surface area (Å²) in [7, 11) is 1.56. The maximum atomic E-state index is 14.1. The standard InChI is InChI=1S/C16H11F2N3O2/c1-21-14-5-3-10(20-23)7-12(14)16(19-8-15(21)22)11-4-2-9(17)6-13(11)18/h2-7H,8H2,1H3. The Morgan fingerprint density at radius 3 is 2.61 bits per heavy atom. The molecule has 0 radical (unpaired) electrons. The number of hydrogen-bond acceptors (Lipinski definition) is 4. The largest absolute Gasteiger partial charge is 0.313 e. The Hall–Kier alpha value is -2.96. The van der Waals surface area contributed by atoms with Crippen LogP contribution in [0.15, 0.2) is 46.6 Å². The third-order valence-corrected chi connectivity index (χ3v) is 3.63. The van der Waals surface area contributed by atoms with Crippen molar-refractivity contribution in [2.45, 2.75) is 0 Å². The predicted octanol–water partition coefficient (Wildman–Crippen LogP) is 3.18. The molecule has 1 amide bonds. The van der Waals surface area contributed by atoms with Gasteiger partial charge in [-0.05, 0) is 35.5 Å². The fraction of sp³-hybridized carbons (Fsp3) is 0.125. The summed E-state index contributed by atoms with van der Waals surface area (Å²) >= 11 is 0. The van der Waals surface area contributed by atoms with Crippen molar-refractivity contribution in [3.63, 3.8) is 0 Å². The zero-order valence-corrected chi connectivity index (χ0v) is 12.1. The number of nitroso groups, excluding NO2 is 1. The van der Waals surface area contributed by atoms with Crippen LogP contribution in [0.25, 0.3) is 0 Å². The molecule has 2 aromatic rings. The van der Waals surface area contributed by atoms with E-state index in [9.17, 15) is 18.5 Å². The van der Waals surface area contributed by atoms with Crippen molar-refractivity contribution in [1.29, 1.82) is 0 Å². The average Bonchev–Trinajstić information content (AvgIpc) is 2.66. The van der Waals surface area contributed by atoms with E-state index in [2.05, 4.69) is 10.2 Å². The molecule has 1 aliphatic heterocycles. The Bertz CT molecular complexity index is 849. The van der Waals surface area contributed by atoms with Crippen molar-refractivity contribution in [1.82, 2.24) is 0 Å². The molecule has 0 atom stereocenters. The van der Waals surface area contributed by atoms with Crippen molar-refractivity contribution >= 4 is 23.0 Å². The Morgan fingerprint density at radius 2 is 1.91 bits per heavy atom. The summed E-state index contributed by atoms with van der Waals surface area (Å²) in [5.74, 6) is -1.79. The second-order valence-electron chi connectivity index (χ2n) is 5.03. The minimum atomic E-state index is -0.795. The van der Waals surface area contributed by atoms with E-state index in [0.29, 0.717) is 11.3 Å². The molecular formula is C16H11F2N3O2. The number of fused-ring (bicyclic) bond motifs is 1. The van der Waals surface area contributed by atoms with Crippen LogP contribution in [0, 0.1) is 16.5 Å². The van der Waals surface area contributed by atoms with Gasteiger partial charge in [-0.2, -0.15) is 0 Å². The first-order valence-corrected chi connectivity index (χ1v) is 6.75. The third-order valence-electron chi connectivity index (χ3n) is 3.63. The fourth-order valence-corrected chi connectivity index (χ4v) is 2.45. The van der Waals surface area contributed by atoms with E-state index in [-0.39, 0.29) is 29.4 Å². The number of anilines is 1. The van der Waals surface area contributed by atoms with E-state index < -0.39 is 11.6 Å². The number of hydrogen-bond donors (Lipinski definition) is 0. The minimum absolute atomic E-state index is 0.0544. The van der Waals surface area contributed by atoms with Gasteiger partial charge >= 0.3 is 0 Å². The van der Waals surface area contributed by atoms with E-state index >= 15 is 0 Å². The van der Waals surface area contributed by atoms with E-state index in [0.717, 1.165) is 12.1 Å². The van der Waals surface area contributed by atoms with Crippen LogP contribution in [0.4, 0.5) is 20.2 Å². The first kappa shape index (κ1) is 15.0. The number of carbonyl (C=O) groups is 1. The quantitative estimate of drug-likeness (QED) is 0.799. The van der Waals surface area contributed by atoms with E-state index in [4.69, 9.17) is 0 Å². The Morgan fingerprint density at radius 1 is 1.13 bits per heavy atom. The molecule has 23 heavy (non-hydrogen) atoms. The summed E-state index contributed by atoms with van der Waals surface area (Å²) in [5.41, 5.74) is 1.23. The first-order valence-electron chi connectivity index (χ1n) is 6.75. The molecule has 0 spiro atoms. The number of benzene rings is 2. The molecule has 1 aliphatic rings. The number of likely N-dealkylation sites (N-methyl/N-ethyl adjacent to an activating group) is 1. The summed E-state index contributed by atoms with van der Waals surface area (Å²) < 4.78 is 27.3. The van der Waals surface area contributed by atoms with Gasteiger partial charge in [0, 0.05) is 24.2 Å². The van der Waals surface area contributed by atoms with Crippen LogP contribution < -0.4 is 4.90 Å². The highest BCUT2D eigenvalue weighted by Crippen LogP contribution is 2.30. The van der Waals surface area contributed by atoms with Crippen LogP contribution >= 0.6 is 0 Å². The molecule has 7 heteroatoms. The van der Waals surface area contributed by atoms with E-state index in [1.54, 1.807) is 13.1 Å². The van der Waals surface area contributed by atoms with Gasteiger partial charge in [0.25, 0.3) is 0 Å². The molecular weight excluding hydrogens is 304 g/mol. The van der Waals surface area contributed by atoms with Crippen LogP contribution in [0.2, 0.25) is 0 Å². The lowest BCUT2D eigenvalue weighted by atomic mass is 9.99. The number of amides is 1. The molecule has 0 aliphatic carbocycles. The second kappa shape index (κ2) is 5.68. The smallest absolute Gasteiger partial charge is 0.248 e. The van der Waals surface area contributed by atoms with Crippen molar-refractivity contribution in [3.8, 4) is 0 Å². The number of aliphatic imine (C=N–C) groups is 1. The Balaban J connectivity index is 2.26. The van der Waals surface area contributed by atoms with Crippen LogP contribution in [0.3, 0.4) is 0 Å². The van der Waals surface area contributed by atoms with Crippen molar-refractivity contribution in [3.05, 3.63) is 64.1 Å². The number of benzodiazepines with no additional fused rings is 1. The lowest BCUT2D eigenvalue weighted by Crippen LogP contribution is -2.27. The molecule has 1 heterocycles. The minimum Gasteiger partial charge on any atom is -0.313 e. The molecule has 0 saturated carbocycles. The van der Waals surface area contributed by atoms with Crippen molar-refractivity contribution in [2.75, 3.05) is 18.5 Å². The number of rotatable bonds is 2. The molecule has 116 valence electrons. The number of halogens is 2. The molecule has 0 N–H and O–H groups in total. The molecule has 5 nitrogen and oxygen atoms in total. The Labute approximate surface area is 130 Å². The fourth-order valence-electron chi connectivity index (χ4n) is 2.45. The van der Waals surface area contributed by atoms with Gasteiger partial charge < -0.3 is 4.90 Å². The monoisotopic (exact) mass is 315 g/mol. The van der Waals surface area contributed by atoms with Crippen LogP contribution in [-0.2, 0) is 4.79 Å². The van der Waals surface area contributed by atoms with Gasteiger partial charge in [0.15, 0.2) is 0 Å². The topological polar surface area (TPSA) is 62.1 Å². The summed E-state index contributed by atoms with van der Waals surface area (Å²) in [4.78, 5) is 28.3. The summed E-state index contributed by atoms with van der Waals surface area (Å²) in [6.07, 6.45) is 0.